The fourth-order valence-corrected chi connectivity index (χ4v) is 4.81. The van der Waals surface area contributed by atoms with Gasteiger partial charge in [0, 0.05) is 12.5 Å². The average molecular weight is 606 g/mol. The second kappa shape index (κ2) is 17.0. The van der Waals surface area contributed by atoms with Crippen molar-refractivity contribution in [3.05, 3.63) is 78.4 Å². The Hall–Kier alpha value is -4.44. The maximum Gasteiger partial charge on any atom is 0.326 e. The van der Waals surface area contributed by atoms with Gasteiger partial charge in [-0.15, -0.1) is 0 Å². The molecule has 0 bridgehead atoms. The van der Waals surface area contributed by atoms with E-state index in [1.165, 1.54) is 0 Å². The maximum atomic E-state index is 13.1. The average Bonchev–Trinajstić information content (AvgIpc) is 3.01. The van der Waals surface area contributed by atoms with Crippen molar-refractivity contribution in [2.45, 2.75) is 64.6 Å². The smallest absolute Gasteiger partial charge is 0.326 e. The van der Waals surface area contributed by atoms with Crippen LogP contribution in [0, 0.1) is 11.8 Å². The summed E-state index contributed by atoms with van der Waals surface area (Å²) in [6, 6.07) is 19.9. The Bertz CT molecular complexity index is 1400. The lowest BCUT2D eigenvalue weighted by Crippen LogP contribution is -2.50. The molecule has 0 saturated carbocycles. The van der Waals surface area contributed by atoms with Crippen LogP contribution in [0.3, 0.4) is 0 Å². The molecule has 3 aromatic carbocycles. The van der Waals surface area contributed by atoms with Crippen LogP contribution < -0.4 is 20.7 Å². The Labute approximate surface area is 258 Å². The van der Waals surface area contributed by atoms with E-state index in [2.05, 4.69) is 16.0 Å². The molecule has 10 nitrogen and oxygen atoms in total. The van der Waals surface area contributed by atoms with E-state index in [0.29, 0.717) is 18.7 Å². The number of hydrogen-bond acceptors (Lipinski definition) is 6. The van der Waals surface area contributed by atoms with E-state index in [1.54, 1.807) is 12.1 Å². The molecule has 0 saturated heterocycles. The molecular weight excluding hydrogens is 562 g/mol. The third-order valence-electron chi connectivity index (χ3n) is 7.30. The largest absolute Gasteiger partial charge is 0.484 e. The molecule has 0 aliphatic carbocycles. The zero-order valence-electron chi connectivity index (χ0n) is 25.5. The number of rotatable bonds is 17. The third-order valence-corrected chi connectivity index (χ3v) is 7.30. The van der Waals surface area contributed by atoms with Gasteiger partial charge in [0.1, 0.15) is 11.8 Å². The number of aliphatic carboxylic acids is 1. The van der Waals surface area contributed by atoms with Crippen LogP contribution in [0.25, 0.3) is 10.8 Å². The SMILES string of the molecule is CC[C@H](C[C@H](O)[C@H](Cc1ccccc1)NC(=O)C[C@H](NC(=O)COc1ccc2ccccc2c1)C(=O)O)C(=O)NCC(C)C. The van der Waals surface area contributed by atoms with Gasteiger partial charge in [0.2, 0.25) is 11.8 Å². The molecule has 10 heteroatoms. The van der Waals surface area contributed by atoms with Crippen molar-refractivity contribution < 1.29 is 34.1 Å². The minimum atomic E-state index is -1.51. The number of amides is 3. The summed E-state index contributed by atoms with van der Waals surface area (Å²) in [5.41, 5.74) is 0.850. The van der Waals surface area contributed by atoms with Gasteiger partial charge in [-0.2, -0.15) is 0 Å². The third kappa shape index (κ3) is 11.0. The van der Waals surface area contributed by atoms with Crippen LogP contribution >= 0.6 is 0 Å². The summed E-state index contributed by atoms with van der Waals surface area (Å²) in [7, 11) is 0. The Morgan fingerprint density at radius 2 is 1.55 bits per heavy atom. The summed E-state index contributed by atoms with van der Waals surface area (Å²) in [6.45, 7) is 5.93. The van der Waals surface area contributed by atoms with Crippen LogP contribution in [0.5, 0.6) is 5.75 Å². The Morgan fingerprint density at radius 3 is 2.20 bits per heavy atom. The van der Waals surface area contributed by atoms with E-state index < -0.39 is 54.9 Å². The van der Waals surface area contributed by atoms with Crippen LogP contribution in [0.2, 0.25) is 0 Å². The highest BCUT2D eigenvalue weighted by molar-refractivity contribution is 5.89. The van der Waals surface area contributed by atoms with Crippen LogP contribution in [0.4, 0.5) is 0 Å². The molecule has 5 N–H and O–H groups in total. The fourth-order valence-electron chi connectivity index (χ4n) is 4.81. The molecule has 3 amide bonds. The molecule has 0 unspecified atom stereocenters. The molecule has 3 aromatic rings. The molecular formula is C34H43N3O7. The number of aliphatic hydroxyl groups excluding tert-OH is 1. The van der Waals surface area contributed by atoms with E-state index in [1.807, 2.05) is 81.4 Å². The summed E-state index contributed by atoms with van der Waals surface area (Å²) in [5.74, 6) is -2.64. The topological polar surface area (TPSA) is 154 Å². The molecule has 0 radical (unpaired) electrons. The van der Waals surface area contributed by atoms with Gasteiger partial charge in [0.05, 0.1) is 18.6 Å². The van der Waals surface area contributed by atoms with E-state index in [-0.39, 0.29) is 24.7 Å². The monoisotopic (exact) mass is 605 g/mol. The van der Waals surface area contributed by atoms with E-state index >= 15 is 0 Å². The molecule has 0 heterocycles. The number of hydrogen-bond donors (Lipinski definition) is 5. The van der Waals surface area contributed by atoms with Gasteiger partial charge in [0.25, 0.3) is 5.91 Å². The molecule has 236 valence electrons. The molecule has 44 heavy (non-hydrogen) atoms. The van der Waals surface area contributed by atoms with Crippen LogP contribution in [-0.4, -0.2) is 65.2 Å². The minimum Gasteiger partial charge on any atom is -0.484 e. The molecule has 0 aromatic heterocycles. The van der Waals surface area contributed by atoms with Crippen molar-refractivity contribution in [3.63, 3.8) is 0 Å². The van der Waals surface area contributed by atoms with Crippen LogP contribution in [0.1, 0.15) is 45.6 Å². The Kier molecular flexibility index (Phi) is 13.2. The summed E-state index contributed by atoms with van der Waals surface area (Å²) >= 11 is 0. The molecule has 0 spiro atoms. The highest BCUT2D eigenvalue weighted by atomic mass is 16.5. The number of carbonyl (C=O) groups is 4. The van der Waals surface area contributed by atoms with Crippen molar-refractivity contribution in [2.75, 3.05) is 13.2 Å². The van der Waals surface area contributed by atoms with Crippen molar-refractivity contribution in [3.8, 4) is 5.75 Å². The lowest BCUT2D eigenvalue weighted by molar-refractivity contribution is -0.144. The number of fused-ring (bicyclic) bond motifs is 1. The van der Waals surface area contributed by atoms with E-state index in [9.17, 15) is 29.4 Å². The zero-order chi connectivity index (χ0) is 32.1. The first-order valence-electron chi connectivity index (χ1n) is 15.0. The first-order valence-corrected chi connectivity index (χ1v) is 15.0. The number of carboxylic acids is 1. The van der Waals surface area contributed by atoms with Gasteiger partial charge in [-0.05, 0) is 53.6 Å². The second-order valence-corrected chi connectivity index (χ2v) is 11.4. The van der Waals surface area contributed by atoms with Crippen LogP contribution in [-0.2, 0) is 25.6 Å². The lowest BCUT2D eigenvalue weighted by atomic mass is 9.91. The first kappa shape index (κ1) is 34.1. The summed E-state index contributed by atoms with van der Waals surface area (Å²) in [4.78, 5) is 50.3. The summed E-state index contributed by atoms with van der Waals surface area (Å²) < 4.78 is 5.55. The van der Waals surface area contributed by atoms with Crippen LogP contribution in [0.15, 0.2) is 72.8 Å². The summed E-state index contributed by atoms with van der Waals surface area (Å²) in [5, 5.41) is 30.8. The van der Waals surface area contributed by atoms with Crippen molar-refractivity contribution >= 4 is 34.5 Å². The molecule has 0 aliphatic heterocycles. The molecule has 0 aliphatic rings. The summed E-state index contributed by atoms with van der Waals surface area (Å²) in [6.07, 6.45) is -0.755. The number of ether oxygens (including phenoxy) is 1. The molecule has 3 rings (SSSR count). The van der Waals surface area contributed by atoms with Crippen molar-refractivity contribution in [2.24, 2.45) is 11.8 Å². The fraction of sp³-hybridized carbons (Fsp3) is 0.412. The maximum absolute atomic E-state index is 13.1. The predicted octanol–water partition coefficient (Wildman–Crippen LogP) is 3.46. The highest BCUT2D eigenvalue weighted by Crippen LogP contribution is 2.21. The Balaban J connectivity index is 1.62. The number of nitrogens with one attached hydrogen (secondary N) is 3. The van der Waals surface area contributed by atoms with Gasteiger partial charge in [-0.3, -0.25) is 14.4 Å². The lowest BCUT2D eigenvalue weighted by Gasteiger charge is -2.28. The second-order valence-electron chi connectivity index (χ2n) is 11.4. The highest BCUT2D eigenvalue weighted by Gasteiger charge is 2.30. The van der Waals surface area contributed by atoms with E-state index in [0.717, 1.165) is 16.3 Å². The standard InChI is InChI=1S/C34H43N3O7/c1-4-24(33(41)35-20-22(2)3)18-30(38)28(16-23-10-6-5-7-11-23)36-31(39)19-29(34(42)43)37-32(40)21-44-27-15-14-25-12-8-9-13-26(25)17-27/h5-15,17,22,24,28-30,38H,4,16,18-21H2,1-3H3,(H,35,41)(H,36,39)(H,37,40)(H,42,43)/t24-,28+,29+,30+/m1/s1. The number of carbonyl (C=O) groups excluding carboxylic acids is 3. The van der Waals surface area contributed by atoms with Gasteiger partial charge in [-0.25, -0.2) is 4.79 Å². The minimum absolute atomic E-state index is 0.114. The van der Waals surface area contributed by atoms with Crippen molar-refractivity contribution in [1.29, 1.82) is 0 Å². The van der Waals surface area contributed by atoms with Gasteiger partial charge < -0.3 is 30.9 Å². The molecule has 0 fully saturated rings. The zero-order valence-corrected chi connectivity index (χ0v) is 25.5. The van der Waals surface area contributed by atoms with E-state index in [4.69, 9.17) is 4.74 Å². The molecule has 4 atom stereocenters. The quantitative estimate of drug-likeness (QED) is 0.158. The number of aliphatic hydroxyl groups is 1. The first-order chi connectivity index (χ1) is 21.0. The Morgan fingerprint density at radius 1 is 0.864 bits per heavy atom. The number of benzene rings is 3. The predicted molar refractivity (Wildman–Crippen MR) is 168 cm³/mol. The van der Waals surface area contributed by atoms with Gasteiger partial charge >= 0.3 is 5.97 Å². The number of carboxylic acid groups (broad SMARTS) is 1. The normalized spacial score (nSPS) is 13.8. The van der Waals surface area contributed by atoms with Gasteiger partial charge in [0.15, 0.2) is 6.61 Å². The van der Waals surface area contributed by atoms with Crippen molar-refractivity contribution in [1.82, 2.24) is 16.0 Å². The van der Waals surface area contributed by atoms with Gasteiger partial charge in [-0.1, -0.05) is 81.4 Å².